The molecule has 1 aliphatic heterocycles. The first-order valence-corrected chi connectivity index (χ1v) is 5.99. The Morgan fingerprint density at radius 3 is 2.47 bits per heavy atom. The van der Waals surface area contributed by atoms with Crippen molar-refractivity contribution < 1.29 is 0 Å². The van der Waals surface area contributed by atoms with Crippen LogP contribution < -0.4 is 0 Å². The second-order valence-electron chi connectivity index (χ2n) is 5.00. The zero-order valence-corrected chi connectivity index (χ0v) is 10.9. The Bertz CT molecular complexity index is 235. The van der Waals surface area contributed by atoms with Gasteiger partial charge in [0.2, 0.25) is 0 Å². The normalized spacial score (nSPS) is 27.3. The monoisotopic (exact) mass is 211 g/mol. The molecule has 15 heavy (non-hydrogen) atoms. The van der Waals surface area contributed by atoms with Crippen LogP contribution in [0.25, 0.3) is 0 Å². The van der Waals surface area contributed by atoms with E-state index in [1.165, 1.54) is 12.8 Å². The Labute approximate surface area is 94.2 Å². The number of hydrogen-bond donors (Lipinski definition) is 0. The highest BCUT2D eigenvalue weighted by Crippen LogP contribution is 2.33. The molecule has 1 aliphatic rings. The van der Waals surface area contributed by atoms with Gasteiger partial charge in [-0.15, -0.1) is 0 Å². The van der Waals surface area contributed by atoms with E-state index in [0.29, 0.717) is 5.41 Å². The number of likely N-dealkylation sites (tertiary alicyclic amines) is 1. The first-order chi connectivity index (χ1) is 7.02. The van der Waals surface area contributed by atoms with Crippen molar-refractivity contribution in [2.75, 3.05) is 33.7 Å². The van der Waals surface area contributed by atoms with E-state index in [1.807, 2.05) is 0 Å². The minimum Gasteiger partial charge on any atom is -0.349 e. The SMILES string of the molecule is CCN=C(N(C)C)N1CCC(C)(CC)C1. The number of aliphatic imine (C=N–C) groups is 1. The molecule has 0 N–H and O–H groups in total. The van der Waals surface area contributed by atoms with E-state index in [4.69, 9.17) is 0 Å². The molecule has 1 saturated heterocycles. The highest BCUT2D eigenvalue weighted by molar-refractivity contribution is 5.80. The fraction of sp³-hybridized carbons (Fsp3) is 0.917. The quantitative estimate of drug-likeness (QED) is 0.514. The highest BCUT2D eigenvalue weighted by atomic mass is 15.4. The number of hydrogen-bond acceptors (Lipinski definition) is 1. The van der Waals surface area contributed by atoms with Crippen molar-refractivity contribution in [3.8, 4) is 0 Å². The van der Waals surface area contributed by atoms with Crippen LogP contribution in [0.15, 0.2) is 4.99 Å². The van der Waals surface area contributed by atoms with E-state index in [2.05, 4.69) is 49.7 Å². The summed E-state index contributed by atoms with van der Waals surface area (Å²) in [5.41, 5.74) is 0.491. The summed E-state index contributed by atoms with van der Waals surface area (Å²) in [5.74, 6) is 1.15. The largest absolute Gasteiger partial charge is 0.349 e. The van der Waals surface area contributed by atoms with E-state index in [-0.39, 0.29) is 0 Å². The van der Waals surface area contributed by atoms with Crippen molar-refractivity contribution in [2.45, 2.75) is 33.6 Å². The second-order valence-corrected chi connectivity index (χ2v) is 5.00. The Kier molecular flexibility index (Phi) is 4.00. The van der Waals surface area contributed by atoms with Crippen molar-refractivity contribution in [3.63, 3.8) is 0 Å². The zero-order valence-electron chi connectivity index (χ0n) is 10.9. The first-order valence-electron chi connectivity index (χ1n) is 5.99. The lowest BCUT2D eigenvalue weighted by atomic mass is 9.87. The topological polar surface area (TPSA) is 18.8 Å². The molecule has 0 bridgehead atoms. The summed E-state index contributed by atoms with van der Waals surface area (Å²) in [7, 11) is 4.16. The molecule has 0 aromatic heterocycles. The molecule has 3 heteroatoms. The number of guanidine groups is 1. The average Bonchev–Trinajstić information content (AvgIpc) is 2.58. The summed E-state index contributed by atoms with van der Waals surface area (Å²) in [5, 5.41) is 0. The van der Waals surface area contributed by atoms with Gasteiger partial charge in [0.05, 0.1) is 0 Å². The Hall–Kier alpha value is -0.730. The van der Waals surface area contributed by atoms with Gasteiger partial charge in [0.15, 0.2) is 5.96 Å². The van der Waals surface area contributed by atoms with Crippen molar-refractivity contribution in [1.29, 1.82) is 0 Å². The molecule has 0 radical (unpaired) electrons. The predicted molar refractivity (Wildman–Crippen MR) is 66.3 cm³/mol. The van der Waals surface area contributed by atoms with Gasteiger partial charge in [-0.2, -0.15) is 0 Å². The van der Waals surface area contributed by atoms with Crippen molar-refractivity contribution in [1.82, 2.24) is 9.80 Å². The molecule has 1 fully saturated rings. The fourth-order valence-electron chi connectivity index (χ4n) is 2.15. The van der Waals surface area contributed by atoms with Crippen molar-refractivity contribution in [3.05, 3.63) is 0 Å². The molecule has 0 aromatic carbocycles. The molecule has 1 rings (SSSR count). The summed E-state index contributed by atoms with van der Waals surface area (Å²) in [6, 6.07) is 0. The van der Waals surface area contributed by atoms with Crippen LogP contribution in [0.2, 0.25) is 0 Å². The third-order valence-corrected chi connectivity index (χ3v) is 3.39. The van der Waals surface area contributed by atoms with Crippen LogP contribution >= 0.6 is 0 Å². The van der Waals surface area contributed by atoms with Crippen LogP contribution in [0, 0.1) is 5.41 Å². The Balaban J connectivity index is 2.69. The molecule has 0 saturated carbocycles. The molecule has 0 aromatic rings. The highest BCUT2D eigenvalue weighted by Gasteiger charge is 2.33. The molecule has 0 spiro atoms. The maximum atomic E-state index is 4.57. The number of rotatable bonds is 2. The predicted octanol–water partition coefficient (Wildman–Crippen LogP) is 2.05. The van der Waals surface area contributed by atoms with Crippen LogP contribution in [0.3, 0.4) is 0 Å². The average molecular weight is 211 g/mol. The smallest absolute Gasteiger partial charge is 0.196 e. The van der Waals surface area contributed by atoms with Crippen molar-refractivity contribution >= 4 is 5.96 Å². The standard InChI is InChI=1S/C12H25N3/c1-6-12(3)8-9-15(10-12)11(13-7-2)14(4)5/h6-10H2,1-5H3. The van der Waals surface area contributed by atoms with Gasteiger partial charge in [0.1, 0.15) is 0 Å². The molecule has 0 amide bonds. The minimum absolute atomic E-state index is 0.491. The number of nitrogens with zero attached hydrogens (tertiary/aromatic N) is 3. The van der Waals surface area contributed by atoms with E-state index < -0.39 is 0 Å². The maximum absolute atomic E-state index is 4.57. The third kappa shape index (κ3) is 2.86. The molecule has 1 atom stereocenters. The van der Waals surface area contributed by atoms with Gasteiger partial charge in [-0.25, -0.2) is 0 Å². The van der Waals surface area contributed by atoms with Crippen molar-refractivity contribution in [2.24, 2.45) is 10.4 Å². The van der Waals surface area contributed by atoms with Crippen LogP contribution in [-0.2, 0) is 0 Å². The second kappa shape index (κ2) is 4.86. The zero-order chi connectivity index (χ0) is 11.5. The van der Waals surface area contributed by atoms with Gasteiger partial charge in [-0.1, -0.05) is 13.8 Å². The van der Waals surface area contributed by atoms with Gasteiger partial charge in [-0.05, 0) is 25.2 Å². The van der Waals surface area contributed by atoms with Gasteiger partial charge in [0, 0.05) is 33.7 Å². The molecule has 0 aliphatic carbocycles. The summed E-state index contributed by atoms with van der Waals surface area (Å²) >= 11 is 0. The molecule has 1 heterocycles. The van der Waals surface area contributed by atoms with Crippen LogP contribution in [0.1, 0.15) is 33.6 Å². The Morgan fingerprint density at radius 1 is 1.40 bits per heavy atom. The van der Waals surface area contributed by atoms with E-state index in [9.17, 15) is 0 Å². The Morgan fingerprint density at radius 2 is 2.07 bits per heavy atom. The molecule has 88 valence electrons. The van der Waals surface area contributed by atoms with Crippen LogP contribution in [-0.4, -0.2) is 49.5 Å². The van der Waals surface area contributed by atoms with E-state index in [1.54, 1.807) is 0 Å². The molecule has 3 nitrogen and oxygen atoms in total. The lowest BCUT2D eigenvalue weighted by Gasteiger charge is -2.28. The first kappa shape index (κ1) is 12.3. The molecular formula is C12H25N3. The third-order valence-electron chi connectivity index (χ3n) is 3.39. The summed E-state index contributed by atoms with van der Waals surface area (Å²) in [6.45, 7) is 9.94. The lowest BCUT2D eigenvalue weighted by molar-refractivity contribution is 0.313. The molecular weight excluding hydrogens is 186 g/mol. The van der Waals surface area contributed by atoms with E-state index >= 15 is 0 Å². The van der Waals surface area contributed by atoms with Gasteiger partial charge in [-0.3, -0.25) is 4.99 Å². The summed E-state index contributed by atoms with van der Waals surface area (Å²) in [4.78, 5) is 9.13. The van der Waals surface area contributed by atoms with Crippen LogP contribution in [0.5, 0.6) is 0 Å². The van der Waals surface area contributed by atoms with Crippen LogP contribution in [0.4, 0.5) is 0 Å². The van der Waals surface area contributed by atoms with Gasteiger partial charge >= 0.3 is 0 Å². The minimum atomic E-state index is 0.491. The summed E-state index contributed by atoms with van der Waals surface area (Å²) < 4.78 is 0. The van der Waals surface area contributed by atoms with Gasteiger partial charge in [0.25, 0.3) is 0 Å². The fourth-order valence-corrected chi connectivity index (χ4v) is 2.15. The maximum Gasteiger partial charge on any atom is 0.196 e. The van der Waals surface area contributed by atoms with Gasteiger partial charge < -0.3 is 9.80 Å². The molecule has 1 unspecified atom stereocenters. The van der Waals surface area contributed by atoms with E-state index in [0.717, 1.165) is 25.6 Å². The summed E-state index contributed by atoms with van der Waals surface area (Å²) in [6.07, 6.45) is 2.55. The lowest BCUT2D eigenvalue weighted by Crippen LogP contribution is -2.40.